The van der Waals surface area contributed by atoms with Gasteiger partial charge in [-0.25, -0.2) is 0 Å². The van der Waals surface area contributed by atoms with Crippen LogP contribution in [0.25, 0.3) is 0 Å². The lowest BCUT2D eigenvalue weighted by Crippen LogP contribution is -2.34. The molecule has 0 aromatic heterocycles. The molecular formula is C14H18N2O2S. The SMILES string of the molecule is CC1Oc2ccc(NC3CCSCC3)cc2NC1=O. The van der Waals surface area contributed by atoms with E-state index in [1.807, 2.05) is 30.0 Å². The van der Waals surface area contributed by atoms with E-state index in [4.69, 9.17) is 4.74 Å². The fourth-order valence-corrected chi connectivity index (χ4v) is 3.48. The molecule has 0 saturated carbocycles. The third kappa shape index (κ3) is 2.81. The van der Waals surface area contributed by atoms with Crippen molar-refractivity contribution in [2.75, 3.05) is 22.1 Å². The maximum absolute atomic E-state index is 11.6. The maximum atomic E-state index is 11.6. The summed E-state index contributed by atoms with van der Waals surface area (Å²) in [5.41, 5.74) is 1.81. The number of hydrogen-bond acceptors (Lipinski definition) is 4. The number of hydrogen-bond donors (Lipinski definition) is 2. The molecule has 3 rings (SSSR count). The van der Waals surface area contributed by atoms with Crippen LogP contribution < -0.4 is 15.4 Å². The van der Waals surface area contributed by atoms with E-state index < -0.39 is 6.10 Å². The number of carbonyl (C=O) groups is 1. The van der Waals surface area contributed by atoms with Gasteiger partial charge in [0.05, 0.1) is 5.69 Å². The Morgan fingerprint density at radius 1 is 1.37 bits per heavy atom. The summed E-state index contributed by atoms with van der Waals surface area (Å²) in [6.45, 7) is 1.75. The van der Waals surface area contributed by atoms with Gasteiger partial charge in [-0.1, -0.05) is 0 Å². The van der Waals surface area contributed by atoms with Crippen LogP contribution in [-0.2, 0) is 4.79 Å². The van der Waals surface area contributed by atoms with Crippen LogP contribution in [0, 0.1) is 0 Å². The van der Waals surface area contributed by atoms with Crippen molar-refractivity contribution in [3.05, 3.63) is 18.2 Å². The quantitative estimate of drug-likeness (QED) is 0.873. The van der Waals surface area contributed by atoms with E-state index in [2.05, 4.69) is 10.6 Å². The van der Waals surface area contributed by atoms with Crippen LogP contribution in [0.4, 0.5) is 11.4 Å². The summed E-state index contributed by atoms with van der Waals surface area (Å²) in [4.78, 5) is 11.6. The third-order valence-electron chi connectivity index (χ3n) is 3.50. The van der Waals surface area contributed by atoms with E-state index in [-0.39, 0.29) is 5.91 Å². The summed E-state index contributed by atoms with van der Waals surface area (Å²) in [7, 11) is 0. The molecule has 2 heterocycles. The molecule has 0 bridgehead atoms. The second-order valence-electron chi connectivity index (χ2n) is 4.99. The highest BCUT2D eigenvalue weighted by atomic mass is 32.2. The normalized spacial score (nSPS) is 23.2. The highest BCUT2D eigenvalue weighted by molar-refractivity contribution is 7.99. The molecule has 4 nitrogen and oxygen atoms in total. The Hall–Kier alpha value is -1.36. The molecule has 2 aliphatic rings. The van der Waals surface area contributed by atoms with Gasteiger partial charge in [-0.2, -0.15) is 11.8 Å². The third-order valence-corrected chi connectivity index (χ3v) is 4.55. The average Bonchev–Trinajstić information content (AvgIpc) is 2.42. The Kier molecular flexibility index (Phi) is 3.55. The number of thioether (sulfide) groups is 1. The lowest BCUT2D eigenvalue weighted by Gasteiger charge is -2.26. The van der Waals surface area contributed by atoms with E-state index in [0.29, 0.717) is 6.04 Å². The Labute approximate surface area is 117 Å². The zero-order valence-corrected chi connectivity index (χ0v) is 11.8. The van der Waals surface area contributed by atoms with Crippen molar-refractivity contribution in [2.24, 2.45) is 0 Å². The van der Waals surface area contributed by atoms with Gasteiger partial charge in [-0.15, -0.1) is 0 Å². The molecule has 1 unspecified atom stereocenters. The highest BCUT2D eigenvalue weighted by Gasteiger charge is 2.23. The van der Waals surface area contributed by atoms with Gasteiger partial charge >= 0.3 is 0 Å². The van der Waals surface area contributed by atoms with Gasteiger partial charge in [0.15, 0.2) is 6.10 Å². The monoisotopic (exact) mass is 278 g/mol. The van der Waals surface area contributed by atoms with Gasteiger partial charge in [0.1, 0.15) is 5.75 Å². The van der Waals surface area contributed by atoms with E-state index >= 15 is 0 Å². The van der Waals surface area contributed by atoms with Gasteiger partial charge in [-0.05, 0) is 49.5 Å². The van der Waals surface area contributed by atoms with Crippen molar-refractivity contribution < 1.29 is 9.53 Å². The van der Waals surface area contributed by atoms with Crippen LogP contribution in [-0.4, -0.2) is 29.6 Å². The van der Waals surface area contributed by atoms with E-state index in [9.17, 15) is 4.79 Å². The first-order chi connectivity index (χ1) is 9.22. The molecule has 0 spiro atoms. The molecule has 102 valence electrons. The minimum absolute atomic E-state index is 0.0845. The number of benzene rings is 1. The average molecular weight is 278 g/mol. The van der Waals surface area contributed by atoms with E-state index in [1.165, 1.54) is 24.3 Å². The predicted molar refractivity (Wildman–Crippen MR) is 79.1 cm³/mol. The van der Waals surface area contributed by atoms with Crippen molar-refractivity contribution in [3.8, 4) is 5.75 Å². The molecule has 2 N–H and O–H groups in total. The Balaban J connectivity index is 1.74. The second-order valence-corrected chi connectivity index (χ2v) is 6.22. The zero-order chi connectivity index (χ0) is 13.2. The largest absolute Gasteiger partial charge is 0.479 e. The Morgan fingerprint density at radius 2 is 2.16 bits per heavy atom. The lowest BCUT2D eigenvalue weighted by atomic mass is 10.1. The van der Waals surface area contributed by atoms with Crippen LogP contribution in [0.5, 0.6) is 5.75 Å². The summed E-state index contributed by atoms with van der Waals surface area (Å²) in [5, 5.41) is 6.42. The van der Waals surface area contributed by atoms with Crippen LogP contribution in [0.15, 0.2) is 18.2 Å². The molecule has 0 radical (unpaired) electrons. The number of fused-ring (bicyclic) bond motifs is 1. The van der Waals surface area contributed by atoms with Gasteiger partial charge < -0.3 is 15.4 Å². The molecule has 1 saturated heterocycles. The fraction of sp³-hybridized carbons (Fsp3) is 0.500. The minimum atomic E-state index is -0.415. The molecular weight excluding hydrogens is 260 g/mol. The van der Waals surface area contributed by atoms with Crippen LogP contribution in [0.3, 0.4) is 0 Å². The first kappa shape index (κ1) is 12.7. The Morgan fingerprint density at radius 3 is 2.95 bits per heavy atom. The van der Waals surface area contributed by atoms with E-state index in [0.717, 1.165) is 17.1 Å². The van der Waals surface area contributed by atoms with Crippen molar-refractivity contribution in [2.45, 2.75) is 31.9 Å². The summed E-state index contributed by atoms with van der Waals surface area (Å²) in [6.07, 6.45) is 1.98. The number of carbonyl (C=O) groups excluding carboxylic acids is 1. The number of amides is 1. The summed E-state index contributed by atoms with van der Waals surface area (Å²) < 4.78 is 5.55. The molecule has 1 atom stereocenters. The van der Waals surface area contributed by atoms with Gasteiger partial charge in [0, 0.05) is 11.7 Å². The summed E-state index contributed by atoms with van der Waals surface area (Å²) in [6, 6.07) is 6.44. The molecule has 1 amide bonds. The minimum Gasteiger partial charge on any atom is -0.479 e. The van der Waals surface area contributed by atoms with Gasteiger partial charge in [-0.3, -0.25) is 4.79 Å². The summed E-state index contributed by atoms with van der Waals surface area (Å²) >= 11 is 2.02. The van der Waals surface area contributed by atoms with Gasteiger partial charge in [0.2, 0.25) is 0 Å². The smallest absolute Gasteiger partial charge is 0.265 e. The number of nitrogens with one attached hydrogen (secondary N) is 2. The van der Waals surface area contributed by atoms with Crippen molar-refractivity contribution in [3.63, 3.8) is 0 Å². The Bertz CT molecular complexity index is 486. The molecule has 1 aromatic carbocycles. The number of rotatable bonds is 2. The molecule has 19 heavy (non-hydrogen) atoms. The van der Waals surface area contributed by atoms with Crippen molar-refractivity contribution in [1.82, 2.24) is 0 Å². The summed E-state index contributed by atoms with van der Waals surface area (Å²) in [5.74, 6) is 3.11. The van der Waals surface area contributed by atoms with Crippen molar-refractivity contribution in [1.29, 1.82) is 0 Å². The number of ether oxygens (including phenoxy) is 1. The fourth-order valence-electron chi connectivity index (χ4n) is 2.38. The first-order valence-electron chi connectivity index (χ1n) is 6.68. The predicted octanol–water partition coefficient (Wildman–Crippen LogP) is 2.71. The molecule has 1 fully saturated rings. The lowest BCUT2D eigenvalue weighted by molar-refractivity contribution is -0.122. The molecule has 0 aliphatic carbocycles. The highest BCUT2D eigenvalue weighted by Crippen LogP contribution is 2.33. The standard InChI is InChI=1S/C14H18N2O2S/c1-9-14(17)16-12-8-11(2-3-13(12)18-9)15-10-4-6-19-7-5-10/h2-3,8-10,15H,4-7H2,1H3,(H,16,17). The molecule has 5 heteroatoms. The number of anilines is 2. The van der Waals surface area contributed by atoms with Crippen LogP contribution >= 0.6 is 11.8 Å². The maximum Gasteiger partial charge on any atom is 0.265 e. The molecule has 2 aliphatic heterocycles. The van der Waals surface area contributed by atoms with Gasteiger partial charge in [0.25, 0.3) is 5.91 Å². The van der Waals surface area contributed by atoms with Crippen molar-refractivity contribution >= 4 is 29.0 Å². The molecule has 1 aromatic rings. The van der Waals surface area contributed by atoms with Crippen LogP contribution in [0.1, 0.15) is 19.8 Å². The van der Waals surface area contributed by atoms with E-state index in [1.54, 1.807) is 6.92 Å². The van der Waals surface area contributed by atoms with Crippen LogP contribution in [0.2, 0.25) is 0 Å². The first-order valence-corrected chi connectivity index (χ1v) is 7.84. The topological polar surface area (TPSA) is 50.4 Å². The zero-order valence-electron chi connectivity index (χ0n) is 10.9. The second kappa shape index (κ2) is 5.33.